The SMILES string of the molecule is CCCC(C)CNC(=O)C1CCCN(S(=O)c2ccc(-c3ccccc3)cc2)C1. The molecule has 1 fully saturated rings. The van der Waals surface area contributed by atoms with Crippen LogP contribution in [0.2, 0.25) is 0 Å². The second-order valence-electron chi connectivity index (χ2n) is 8.01. The van der Waals surface area contributed by atoms with Crippen LogP contribution < -0.4 is 5.32 Å². The molecule has 4 nitrogen and oxygen atoms in total. The number of piperidine rings is 1. The normalized spacial score (nSPS) is 19.4. The molecule has 1 heterocycles. The van der Waals surface area contributed by atoms with Gasteiger partial charge in [-0.15, -0.1) is 0 Å². The van der Waals surface area contributed by atoms with E-state index in [1.54, 1.807) is 0 Å². The van der Waals surface area contributed by atoms with Crippen LogP contribution in [0.25, 0.3) is 11.1 Å². The van der Waals surface area contributed by atoms with Crippen molar-refractivity contribution >= 4 is 16.9 Å². The molecule has 1 aliphatic rings. The average molecular weight is 413 g/mol. The van der Waals surface area contributed by atoms with Crippen LogP contribution in [0.5, 0.6) is 0 Å². The summed E-state index contributed by atoms with van der Waals surface area (Å²) in [5.74, 6) is 0.528. The van der Waals surface area contributed by atoms with Crippen LogP contribution in [0, 0.1) is 11.8 Å². The number of nitrogens with one attached hydrogen (secondary N) is 1. The molecule has 3 rings (SSSR count). The van der Waals surface area contributed by atoms with E-state index in [9.17, 15) is 9.00 Å². The molecule has 1 saturated heterocycles. The highest BCUT2D eigenvalue weighted by Gasteiger charge is 2.29. The Bertz CT molecular complexity index is 807. The summed E-state index contributed by atoms with van der Waals surface area (Å²) < 4.78 is 15.0. The van der Waals surface area contributed by atoms with E-state index in [1.165, 1.54) is 0 Å². The molecule has 3 atom stereocenters. The molecule has 2 aromatic rings. The van der Waals surface area contributed by atoms with Crippen molar-refractivity contribution in [2.75, 3.05) is 19.6 Å². The van der Waals surface area contributed by atoms with Gasteiger partial charge >= 0.3 is 0 Å². The van der Waals surface area contributed by atoms with Crippen LogP contribution in [0.3, 0.4) is 0 Å². The summed E-state index contributed by atoms with van der Waals surface area (Å²) in [6, 6.07) is 18.1. The lowest BCUT2D eigenvalue weighted by Crippen LogP contribution is -2.44. The van der Waals surface area contributed by atoms with Crippen LogP contribution in [0.4, 0.5) is 0 Å². The molecule has 1 aliphatic heterocycles. The van der Waals surface area contributed by atoms with Gasteiger partial charge in [-0.3, -0.25) is 4.79 Å². The first-order chi connectivity index (χ1) is 14.1. The molecule has 0 spiro atoms. The zero-order valence-electron chi connectivity index (χ0n) is 17.5. The van der Waals surface area contributed by atoms with Crippen molar-refractivity contribution in [3.8, 4) is 11.1 Å². The van der Waals surface area contributed by atoms with E-state index in [1.807, 2.05) is 46.8 Å². The van der Waals surface area contributed by atoms with Crippen molar-refractivity contribution in [3.63, 3.8) is 0 Å². The van der Waals surface area contributed by atoms with Crippen LogP contribution >= 0.6 is 0 Å². The number of carbonyl (C=O) groups excluding carboxylic acids is 1. The Morgan fingerprint density at radius 1 is 1.14 bits per heavy atom. The van der Waals surface area contributed by atoms with E-state index in [4.69, 9.17) is 0 Å². The number of hydrogen-bond acceptors (Lipinski definition) is 2. The molecule has 29 heavy (non-hydrogen) atoms. The lowest BCUT2D eigenvalue weighted by Gasteiger charge is -2.31. The number of rotatable bonds is 8. The Balaban J connectivity index is 1.58. The molecule has 0 radical (unpaired) electrons. The molecule has 0 aliphatic carbocycles. The molecule has 1 amide bonds. The van der Waals surface area contributed by atoms with Gasteiger partial charge in [0.25, 0.3) is 0 Å². The highest BCUT2D eigenvalue weighted by molar-refractivity contribution is 7.82. The van der Waals surface area contributed by atoms with Crippen LogP contribution in [0.15, 0.2) is 59.5 Å². The first-order valence-electron chi connectivity index (χ1n) is 10.7. The van der Waals surface area contributed by atoms with Crippen LogP contribution in [0.1, 0.15) is 39.5 Å². The largest absolute Gasteiger partial charge is 0.356 e. The zero-order valence-corrected chi connectivity index (χ0v) is 18.3. The third kappa shape index (κ3) is 6.00. The molecule has 156 valence electrons. The minimum atomic E-state index is -1.23. The highest BCUT2D eigenvalue weighted by Crippen LogP contribution is 2.24. The van der Waals surface area contributed by atoms with E-state index >= 15 is 0 Å². The second kappa shape index (κ2) is 10.7. The van der Waals surface area contributed by atoms with E-state index in [2.05, 4.69) is 31.3 Å². The summed E-state index contributed by atoms with van der Waals surface area (Å²) in [5, 5.41) is 3.10. The summed E-state index contributed by atoms with van der Waals surface area (Å²) in [5.41, 5.74) is 2.26. The molecule has 2 aromatic carbocycles. The predicted octanol–water partition coefficient (Wildman–Crippen LogP) is 4.64. The van der Waals surface area contributed by atoms with Gasteiger partial charge in [0.15, 0.2) is 0 Å². The summed E-state index contributed by atoms with van der Waals surface area (Å²) in [6.07, 6.45) is 4.03. The molecule has 0 aromatic heterocycles. The van der Waals surface area contributed by atoms with E-state index in [0.717, 1.165) is 54.8 Å². The van der Waals surface area contributed by atoms with Crippen molar-refractivity contribution in [1.82, 2.24) is 9.62 Å². The van der Waals surface area contributed by atoms with Gasteiger partial charge in [0.05, 0.1) is 10.8 Å². The van der Waals surface area contributed by atoms with Gasteiger partial charge in [-0.05, 0) is 48.4 Å². The Labute approximate surface area is 177 Å². The van der Waals surface area contributed by atoms with Crippen molar-refractivity contribution in [1.29, 1.82) is 0 Å². The van der Waals surface area contributed by atoms with Crippen molar-refractivity contribution in [2.24, 2.45) is 11.8 Å². The topological polar surface area (TPSA) is 49.4 Å². The van der Waals surface area contributed by atoms with Gasteiger partial charge in [0, 0.05) is 19.6 Å². The maximum absolute atomic E-state index is 13.1. The number of benzene rings is 2. The first-order valence-corrected chi connectivity index (χ1v) is 11.8. The van der Waals surface area contributed by atoms with Gasteiger partial charge in [-0.1, -0.05) is 62.7 Å². The molecule has 0 saturated carbocycles. The third-order valence-electron chi connectivity index (χ3n) is 5.56. The van der Waals surface area contributed by atoms with Gasteiger partial charge in [-0.2, -0.15) is 0 Å². The number of nitrogens with zero attached hydrogens (tertiary/aromatic N) is 1. The molecular formula is C24H32N2O2S. The lowest BCUT2D eigenvalue weighted by atomic mass is 9.98. The molecule has 3 unspecified atom stereocenters. The molecule has 5 heteroatoms. The van der Waals surface area contributed by atoms with Gasteiger partial charge in [0.2, 0.25) is 5.91 Å². The van der Waals surface area contributed by atoms with Crippen molar-refractivity contribution in [2.45, 2.75) is 44.4 Å². The molecular weight excluding hydrogens is 380 g/mol. The summed E-state index contributed by atoms with van der Waals surface area (Å²) in [4.78, 5) is 13.4. The van der Waals surface area contributed by atoms with Gasteiger partial charge in [0.1, 0.15) is 11.0 Å². The smallest absolute Gasteiger partial charge is 0.224 e. The van der Waals surface area contributed by atoms with E-state index < -0.39 is 11.0 Å². The first kappa shape index (κ1) is 21.7. The Hall–Kier alpha value is -1.98. The van der Waals surface area contributed by atoms with Crippen molar-refractivity contribution < 1.29 is 9.00 Å². The summed E-state index contributed by atoms with van der Waals surface area (Å²) in [7, 11) is -1.23. The predicted molar refractivity (Wildman–Crippen MR) is 120 cm³/mol. The van der Waals surface area contributed by atoms with E-state index in [-0.39, 0.29) is 11.8 Å². The number of amides is 1. The second-order valence-corrected chi connectivity index (χ2v) is 9.49. The number of carbonyl (C=O) groups is 1. The maximum atomic E-state index is 13.1. The van der Waals surface area contributed by atoms with Crippen molar-refractivity contribution in [3.05, 3.63) is 54.6 Å². The van der Waals surface area contributed by atoms with Gasteiger partial charge < -0.3 is 5.32 Å². The zero-order chi connectivity index (χ0) is 20.6. The monoisotopic (exact) mass is 412 g/mol. The highest BCUT2D eigenvalue weighted by atomic mass is 32.2. The maximum Gasteiger partial charge on any atom is 0.224 e. The fraction of sp³-hybridized carbons (Fsp3) is 0.458. The fourth-order valence-electron chi connectivity index (χ4n) is 3.86. The standard InChI is InChI=1S/C24H32N2O2S/c1-3-8-19(2)17-25-24(27)22-11-7-16-26(18-22)29(28)23-14-12-21(13-15-23)20-9-5-4-6-10-20/h4-6,9-10,12-15,19,22H,3,7-8,11,16-18H2,1-2H3,(H,25,27). The average Bonchev–Trinajstić information content (AvgIpc) is 2.78. The van der Waals surface area contributed by atoms with E-state index in [0.29, 0.717) is 12.5 Å². The van der Waals surface area contributed by atoms with Crippen LogP contribution in [-0.2, 0) is 15.8 Å². The Morgan fingerprint density at radius 2 is 1.83 bits per heavy atom. The molecule has 1 N–H and O–H groups in total. The van der Waals surface area contributed by atoms with Gasteiger partial charge in [-0.25, -0.2) is 8.51 Å². The fourth-order valence-corrected chi connectivity index (χ4v) is 5.14. The van der Waals surface area contributed by atoms with Crippen LogP contribution in [-0.4, -0.2) is 34.1 Å². The Kier molecular flexibility index (Phi) is 8.01. The Morgan fingerprint density at radius 3 is 2.52 bits per heavy atom. The minimum Gasteiger partial charge on any atom is -0.356 e. The number of hydrogen-bond donors (Lipinski definition) is 1. The summed E-state index contributed by atoms with van der Waals surface area (Å²) in [6.45, 7) is 6.39. The summed E-state index contributed by atoms with van der Waals surface area (Å²) >= 11 is 0. The third-order valence-corrected chi connectivity index (χ3v) is 7.03. The quantitative estimate of drug-likeness (QED) is 0.687. The minimum absolute atomic E-state index is 0.0786. The molecule has 0 bridgehead atoms. The lowest BCUT2D eigenvalue weighted by molar-refractivity contribution is -0.126.